The second-order valence-electron chi connectivity index (χ2n) is 3.25. The first-order valence-electron chi connectivity index (χ1n) is 4.68. The van der Waals surface area contributed by atoms with E-state index >= 15 is 0 Å². The SMILES string of the molecule is C=Cc1c(C(F)(F)F)nc(C)n1CCC. The maximum absolute atomic E-state index is 12.5. The minimum atomic E-state index is -4.41. The number of alkyl halides is 3. The van der Waals surface area contributed by atoms with E-state index in [-0.39, 0.29) is 5.69 Å². The summed E-state index contributed by atoms with van der Waals surface area (Å²) in [5, 5.41) is 0. The summed E-state index contributed by atoms with van der Waals surface area (Å²) in [6.07, 6.45) is -2.44. The minimum absolute atomic E-state index is 0.0573. The molecule has 1 rings (SSSR count). The monoisotopic (exact) mass is 218 g/mol. The van der Waals surface area contributed by atoms with Gasteiger partial charge in [-0.05, 0) is 19.4 Å². The van der Waals surface area contributed by atoms with Crippen LogP contribution in [0.1, 0.15) is 30.6 Å². The molecule has 15 heavy (non-hydrogen) atoms. The fourth-order valence-corrected chi connectivity index (χ4v) is 1.50. The quantitative estimate of drug-likeness (QED) is 0.761. The largest absolute Gasteiger partial charge is 0.435 e. The second kappa shape index (κ2) is 4.08. The van der Waals surface area contributed by atoms with Gasteiger partial charge in [0.2, 0.25) is 0 Å². The van der Waals surface area contributed by atoms with Crippen molar-refractivity contribution in [1.82, 2.24) is 9.55 Å². The summed E-state index contributed by atoms with van der Waals surface area (Å²) in [5.41, 5.74) is -0.787. The third kappa shape index (κ3) is 2.22. The van der Waals surface area contributed by atoms with Crippen molar-refractivity contribution in [2.24, 2.45) is 0 Å². The molecule has 0 amide bonds. The summed E-state index contributed by atoms with van der Waals surface area (Å²) < 4.78 is 39.2. The van der Waals surface area contributed by atoms with E-state index < -0.39 is 11.9 Å². The smallest absolute Gasteiger partial charge is 0.328 e. The van der Waals surface area contributed by atoms with Crippen molar-refractivity contribution in [3.63, 3.8) is 0 Å². The standard InChI is InChI=1S/C10H13F3N2/c1-4-6-15-7(3)14-9(8(15)5-2)10(11,12)13/h5H,2,4,6H2,1,3H3. The number of aromatic nitrogens is 2. The molecule has 0 aliphatic rings. The fourth-order valence-electron chi connectivity index (χ4n) is 1.50. The Hall–Kier alpha value is -1.26. The van der Waals surface area contributed by atoms with Crippen LogP contribution in [0.15, 0.2) is 6.58 Å². The van der Waals surface area contributed by atoms with Crippen LogP contribution >= 0.6 is 0 Å². The molecule has 0 spiro atoms. The zero-order chi connectivity index (χ0) is 11.6. The highest BCUT2D eigenvalue weighted by Gasteiger charge is 2.37. The highest BCUT2D eigenvalue weighted by Crippen LogP contribution is 2.32. The van der Waals surface area contributed by atoms with Gasteiger partial charge in [0.15, 0.2) is 5.69 Å². The van der Waals surface area contributed by atoms with Crippen LogP contribution in [0.25, 0.3) is 6.08 Å². The maximum Gasteiger partial charge on any atom is 0.435 e. The number of nitrogens with zero attached hydrogens (tertiary/aromatic N) is 2. The molecule has 0 aliphatic carbocycles. The molecular weight excluding hydrogens is 205 g/mol. The van der Waals surface area contributed by atoms with Crippen molar-refractivity contribution in [2.75, 3.05) is 0 Å². The van der Waals surface area contributed by atoms with Gasteiger partial charge in [0.05, 0.1) is 5.69 Å². The Morgan fingerprint density at radius 3 is 2.47 bits per heavy atom. The first-order valence-corrected chi connectivity index (χ1v) is 4.68. The molecule has 84 valence electrons. The lowest BCUT2D eigenvalue weighted by molar-refractivity contribution is -0.141. The topological polar surface area (TPSA) is 17.8 Å². The Balaban J connectivity index is 3.31. The van der Waals surface area contributed by atoms with Crippen LogP contribution in [-0.4, -0.2) is 9.55 Å². The predicted octanol–water partition coefficient (Wildman–Crippen LogP) is 3.26. The average molecular weight is 218 g/mol. The zero-order valence-electron chi connectivity index (χ0n) is 8.73. The predicted molar refractivity (Wildman–Crippen MR) is 52.3 cm³/mol. The van der Waals surface area contributed by atoms with E-state index in [0.717, 1.165) is 6.42 Å². The Labute approximate surface area is 86.4 Å². The van der Waals surface area contributed by atoms with Crippen LogP contribution in [-0.2, 0) is 12.7 Å². The molecule has 0 fully saturated rings. The third-order valence-corrected chi connectivity index (χ3v) is 2.11. The summed E-state index contributed by atoms with van der Waals surface area (Å²) >= 11 is 0. The molecule has 0 atom stereocenters. The van der Waals surface area contributed by atoms with Gasteiger partial charge in [0.25, 0.3) is 0 Å². The van der Waals surface area contributed by atoms with Gasteiger partial charge in [-0.1, -0.05) is 13.5 Å². The Morgan fingerprint density at radius 2 is 2.07 bits per heavy atom. The zero-order valence-corrected chi connectivity index (χ0v) is 8.73. The summed E-state index contributed by atoms with van der Waals surface area (Å²) in [7, 11) is 0. The number of hydrogen-bond acceptors (Lipinski definition) is 1. The highest BCUT2D eigenvalue weighted by atomic mass is 19.4. The molecule has 2 nitrogen and oxygen atoms in total. The number of rotatable bonds is 3. The van der Waals surface area contributed by atoms with E-state index in [1.165, 1.54) is 10.6 Å². The number of aryl methyl sites for hydroxylation is 1. The van der Waals surface area contributed by atoms with Gasteiger partial charge in [-0.3, -0.25) is 0 Å². The molecule has 0 unspecified atom stereocenters. The van der Waals surface area contributed by atoms with Gasteiger partial charge in [0, 0.05) is 6.54 Å². The van der Waals surface area contributed by atoms with E-state index in [9.17, 15) is 13.2 Å². The molecule has 1 heterocycles. The number of imidazole rings is 1. The van der Waals surface area contributed by atoms with Crippen molar-refractivity contribution >= 4 is 6.08 Å². The Kier molecular flexibility index (Phi) is 3.21. The highest BCUT2D eigenvalue weighted by molar-refractivity contribution is 5.47. The molecule has 0 aliphatic heterocycles. The molecule has 0 bridgehead atoms. The van der Waals surface area contributed by atoms with Gasteiger partial charge in [-0.2, -0.15) is 13.2 Å². The summed E-state index contributed by atoms with van der Waals surface area (Å²) in [6, 6.07) is 0. The van der Waals surface area contributed by atoms with Crippen LogP contribution in [0.2, 0.25) is 0 Å². The molecule has 1 aromatic heterocycles. The van der Waals surface area contributed by atoms with Crippen molar-refractivity contribution in [1.29, 1.82) is 0 Å². The van der Waals surface area contributed by atoms with Crippen LogP contribution in [0.5, 0.6) is 0 Å². The van der Waals surface area contributed by atoms with E-state index in [2.05, 4.69) is 11.6 Å². The maximum atomic E-state index is 12.5. The van der Waals surface area contributed by atoms with Gasteiger partial charge >= 0.3 is 6.18 Å². The lowest BCUT2D eigenvalue weighted by Crippen LogP contribution is -2.09. The van der Waals surface area contributed by atoms with Crippen LogP contribution in [0, 0.1) is 6.92 Å². The minimum Gasteiger partial charge on any atom is -0.328 e. The first-order chi connectivity index (χ1) is 6.91. The van der Waals surface area contributed by atoms with Crippen molar-refractivity contribution < 1.29 is 13.2 Å². The Morgan fingerprint density at radius 1 is 1.47 bits per heavy atom. The van der Waals surface area contributed by atoms with Crippen LogP contribution in [0.4, 0.5) is 13.2 Å². The summed E-state index contributed by atoms with van der Waals surface area (Å²) in [4.78, 5) is 3.54. The van der Waals surface area contributed by atoms with Gasteiger partial charge in [0.1, 0.15) is 5.82 Å². The normalized spacial score (nSPS) is 11.8. The van der Waals surface area contributed by atoms with Crippen LogP contribution in [0.3, 0.4) is 0 Å². The Bertz CT molecular complexity index is 363. The van der Waals surface area contributed by atoms with E-state index in [0.29, 0.717) is 12.4 Å². The molecule has 0 radical (unpaired) electrons. The lowest BCUT2D eigenvalue weighted by Gasteiger charge is -2.07. The third-order valence-electron chi connectivity index (χ3n) is 2.11. The van der Waals surface area contributed by atoms with Crippen LogP contribution < -0.4 is 0 Å². The van der Waals surface area contributed by atoms with Crippen molar-refractivity contribution in [3.05, 3.63) is 23.8 Å². The van der Waals surface area contributed by atoms with Crippen molar-refractivity contribution in [3.8, 4) is 0 Å². The molecule has 5 heteroatoms. The molecule has 0 saturated carbocycles. The van der Waals surface area contributed by atoms with Gasteiger partial charge in [-0.15, -0.1) is 0 Å². The molecule has 0 saturated heterocycles. The number of halogens is 3. The van der Waals surface area contributed by atoms with E-state index in [1.54, 1.807) is 6.92 Å². The average Bonchev–Trinajstić information content (AvgIpc) is 2.44. The summed E-state index contributed by atoms with van der Waals surface area (Å²) in [5.74, 6) is 0.374. The molecule has 0 aromatic carbocycles. The number of hydrogen-bond donors (Lipinski definition) is 0. The van der Waals surface area contributed by atoms with Gasteiger partial charge < -0.3 is 4.57 Å². The molecule has 1 aromatic rings. The van der Waals surface area contributed by atoms with Gasteiger partial charge in [-0.25, -0.2) is 4.98 Å². The summed E-state index contributed by atoms with van der Waals surface area (Å²) in [6.45, 7) is 7.39. The fraction of sp³-hybridized carbons (Fsp3) is 0.500. The molecular formula is C10H13F3N2. The lowest BCUT2D eigenvalue weighted by atomic mass is 10.3. The molecule has 0 N–H and O–H groups in total. The first kappa shape index (κ1) is 11.8. The van der Waals surface area contributed by atoms with E-state index in [1.807, 2.05) is 6.92 Å². The van der Waals surface area contributed by atoms with Crippen molar-refractivity contribution in [2.45, 2.75) is 33.0 Å². The van der Waals surface area contributed by atoms with E-state index in [4.69, 9.17) is 0 Å². The second-order valence-corrected chi connectivity index (χ2v) is 3.25.